The first-order valence-electron chi connectivity index (χ1n) is 9.62. The van der Waals surface area contributed by atoms with Crippen LogP contribution in [0.1, 0.15) is 40.7 Å². The minimum absolute atomic E-state index is 0.123. The number of hydrogen-bond acceptors (Lipinski definition) is 6. The van der Waals surface area contributed by atoms with Gasteiger partial charge in [0.1, 0.15) is 16.9 Å². The number of thiophene rings is 1. The number of aryl methyl sites for hydroxylation is 1. The van der Waals surface area contributed by atoms with Gasteiger partial charge in [0.25, 0.3) is 0 Å². The molecule has 2 heterocycles. The molecule has 1 aliphatic rings. The number of rotatable bonds is 7. The first kappa shape index (κ1) is 19.7. The molecule has 4 rings (SSSR count). The van der Waals surface area contributed by atoms with Crippen LogP contribution in [0.3, 0.4) is 0 Å². The number of fused-ring (bicyclic) bond motifs is 1. The number of aromatic nitrogens is 3. The van der Waals surface area contributed by atoms with Crippen molar-refractivity contribution < 1.29 is 4.79 Å². The highest BCUT2D eigenvalue weighted by atomic mass is 32.2. The predicted molar refractivity (Wildman–Crippen MR) is 115 cm³/mol. The van der Waals surface area contributed by atoms with Crippen molar-refractivity contribution in [1.29, 1.82) is 5.26 Å². The first-order chi connectivity index (χ1) is 14.2. The smallest absolute Gasteiger partial charge is 0.235 e. The van der Waals surface area contributed by atoms with Gasteiger partial charge in [-0.1, -0.05) is 42.1 Å². The number of nitrogens with one attached hydrogen (secondary N) is 1. The Kier molecular flexibility index (Phi) is 5.97. The van der Waals surface area contributed by atoms with Gasteiger partial charge in [-0.25, -0.2) is 0 Å². The summed E-state index contributed by atoms with van der Waals surface area (Å²) in [5, 5.41) is 22.4. The quantitative estimate of drug-likeness (QED) is 0.580. The Bertz CT molecular complexity index is 1060. The zero-order valence-electron chi connectivity index (χ0n) is 16.1. The molecule has 6 nitrogen and oxygen atoms in total. The Hall–Kier alpha value is -2.63. The van der Waals surface area contributed by atoms with E-state index >= 15 is 0 Å². The molecule has 0 saturated carbocycles. The average Bonchev–Trinajstić information content (AvgIpc) is 3.41. The molecule has 1 aliphatic carbocycles. The summed E-state index contributed by atoms with van der Waals surface area (Å²) in [6.07, 6.45) is 3.74. The molecule has 0 fully saturated rings. The SMILES string of the molecule is CCn1c(Cc2ccccc2)nnc1SCC(=O)Nc1sc2c(c1C#N)CCC2. The maximum absolute atomic E-state index is 12.5. The van der Waals surface area contributed by atoms with Gasteiger partial charge in [0.05, 0.1) is 11.3 Å². The molecule has 0 unspecified atom stereocenters. The largest absolute Gasteiger partial charge is 0.316 e. The van der Waals surface area contributed by atoms with Gasteiger partial charge in [-0.3, -0.25) is 4.79 Å². The highest BCUT2D eigenvalue weighted by Gasteiger charge is 2.23. The molecule has 1 amide bonds. The van der Waals surface area contributed by atoms with E-state index in [2.05, 4.69) is 33.7 Å². The molecule has 8 heteroatoms. The number of nitrogens with zero attached hydrogens (tertiary/aromatic N) is 4. The highest BCUT2D eigenvalue weighted by molar-refractivity contribution is 7.99. The van der Waals surface area contributed by atoms with Crippen LogP contribution in [-0.2, 0) is 30.6 Å². The summed E-state index contributed by atoms with van der Waals surface area (Å²) in [4.78, 5) is 13.7. The van der Waals surface area contributed by atoms with Gasteiger partial charge < -0.3 is 9.88 Å². The van der Waals surface area contributed by atoms with Crippen LogP contribution in [0.4, 0.5) is 5.00 Å². The van der Waals surface area contributed by atoms with Crippen molar-refractivity contribution in [2.45, 2.75) is 44.3 Å². The molecule has 0 aliphatic heterocycles. The normalized spacial score (nSPS) is 12.6. The Labute approximate surface area is 178 Å². The third-order valence-electron chi connectivity index (χ3n) is 4.93. The average molecular weight is 424 g/mol. The van der Waals surface area contributed by atoms with Crippen LogP contribution in [0.5, 0.6) is 0 Å². The first-order valence-corrected chi connectivity index (χ1v) is 11.4. The van der Waals surface area contributed by atoms with E-state index in [1.165, 1.54) is 33.5 Å². The number of amides is 1. The van der Waals surface area contributed by atoms with Crippen LogP contribution in [0, 0.1) is 11.3 Å². The molecular formula is C21H21N5OS2. The summed E-state index contributed by atoms with van der Waals surface area (Å²) in [5.41, 5.74) is 2.94. The second-order valence-corrected chi connectivity index (χ2v) is 8.86. The van der Waals surface area contributed by atoms with Gasteiger partial charge in [0, 0.05) is 17.8 Å². The van der Waals surface area contributed by atoms with Gasteiger partial charge in [-0.05, 0) is 37.3 Å². The predicted octanol–water partition coefficient (Wildman–Crippen LogP) is 4.04. The van der Waals surface area contributed by atoms with E-state index in [0.29, 0.717) is 17.0 Å². The minimum atomic E-state index is -0.123. The third-order valence-corrected chi connectivity index (χ3v) is 7.11. The topological polar surface area (TPSA) is 83.6 Å². The molecule has 148 valence electrons. The molecule has 2 aromatic heterocycles. The number of carbonyl (C=O) groups excluding carboxylic acids is 1. The molecule has 3 aromatic rings. The van der Waals surface area contributed by atoms with Crippen molar-refractivity contribution >= 4 is 34.0 Å². The van der Waals surface area contributed by atoms with E-state index < -0.39 is 0 Å². The van der Waals surface area contributed by atoms with Crippen LogP contribution in [0.25, 0.3) is 0 Å². The summed E-state index contributed by atoms with van der Waals surface area (Å²) in [6, 6.07) is 12.4. The summed E-state index contributed by atoms with van der Waals surface area (Å²) >= 11 is 2.91. The van der Waals surface area contributed by atoms with Crippen LogP contribution >= 0.6 is 23.1 Å². The Morgan fingerprint density at radius 1 is 1.31 bits per heavy atom. The number of thioether (sulfide) groups is 1. The number of benzene rings is 1. The van der Waals surface area contributed by atoms with Gasteiger partial charge in [-0.15, -0.1) is 21.5 Å². The van der Waals surface area contributed by atoms with Crippen molar-refractivity contribution in [2.75, 3.05) is 11.1 Å². The summed E-state index contributed by atoms with van der Waals surface area (Å²) in [6.45, 7) is 2.80. The van der Waals surface area contributed by atoms with Crippen molar-refractivity contribution in [3.05, 3.63) is 57.7 Å². The fraction of sp³-hybridized carbons (Fsp3) is 0.333. The lowest BCUT2D eigenvalue weighted by atomic mass is 10.1. The summed E-state index contributed by atoms with van der Waals surface area (Å²) in [7, 11) is 0. The molecular weight excluding hydrogens is 402 g/mol. The maximum atomic E-state index is 12.5. The zero-order valence-corrected chi connectivity index (χ0v) is 17.8. The summed E-state index contributed by atoms with van der Waals surface area (Å²) < 4.78 is 2.05. The second-order valence-electron chi connectivity index (χ2n) is 6.82. The van der Waals surface area contributed by atoms with Crippen molar-refractivity contribution in [1.82, 2.24) is 14.8 Å². The van der Waals surface area contributed by atoms with Gasteiger partial charge in [0.2, 0.25) is 5.91 Å². The standard InChI is InChI=1S/C21H21N5OS2/c1-2-26-18(11-14-7-4-3-5-8-14)24-25-21(26)28-13-19(27)23-20-16(12-22)15-9-6-10-17(15)29-20/h3-5,7-8H,2,6,9-11,13H2,1H3,(H,23,27). The van der Waals surface area contributed by atoms with Crippen LogP contribution in [0.2, 0.25) is 0 Å². The van der Waals surface area contributed by atoms with Gasteiger partial charge in [0.15, 0.2) is 5.16 Å². The molecule has 1 aromatic carbocycles. The lowest BCUT2D eigenvalue weighted by Crippen LogP contribution is -2.15. The highest BCUT2D eigenvalue weighted by Crippen LogP contribution is 2.38. The van der Waals surface area contributed by atoms with Crippen LogP contribution in [-0.4, -0.2) is 26.4 Å². The van der Waals surface area contributed by atoms with Gasteiger partial charge >= 0.3 is 0 Å². The molecule has 0 radical (unpaired) electrons. The monoisotopic (exact) mass is 423 g/mol. The van der Waals surface area contributed by atoms with Crippen LogP contribution in [0.15, 0.2) is 35.5 Å². The lowest BCUT2D eigenvalue weighted by Gasteiger charge is -2.08. The molecule has 0 atom stereocenters. The fourth-order valence-corrected chi connectivity index (χ4v) is 5.63. The molecule has 0 saturated heterocycles. The van der Waals surface area contributed by atoms with Crippen molar-refractivity contribution in [3.63, 3.8) is 0 Å². The zero-order chi connectivity index (χ0) is 20.2. The Morgan fingerprint density at radius 2 is 2.14 bits per heavy atom. The van der Waals surface area contributed by atoms with Crippen LogP contribution < -0.4 is 5.32 Å². The van der Waals surface area contributed by atoms with E-state index in [1.54, 1.807) is 0 Å². The fourth-order valence-electron chi connectivity index (χ4n) is 3.56. The Balaban J connectivity index is 1.40. The van der Waals surface area contributed by atoms with Crippen molar-refractivity contribution in [2.24, 2.45) is 0 Å². The van der Waals surface area contributed by atoms with Gasteiger partial charge in [-0.2, -0.15) is 5.26 Å². The number of nitriles is 1. The van der Waals surface area contributed by atoms with E-state index in [4.69, 9.17) is 0 Å². The second kappa shape index (κ2) is 8.80. The molecule has 29 heavy (non-hydrogen) atoms. The molecule has 1 N–H and O–H groups in total. The van der Waals surface area contributed by atoms with E-state index in [0.717, 1.165) is 42.4 Å². The molecule has 0 bridgehead atoms. The summed E-state index contributed by atoms with van der Waals surface area (Å²) in [5.74, 6) is 1.00. The maximum Gasteiger partial charge on any atom is 0.235 e. The third kappa shape index (κ3) is 4.21. The number of carbonyl (C=O) groups is 1. The van der Waals surface area contributed by atoms with E-state index in [9.17, 15) is 10.1 Å². The number of anilines is 1. The lowest BCUT2D eigenvalue weighted by molar-refractivity contribution is -0.113. The van der Waals surface area contributed by atoms with E-state index in [-0.39, 0.29) is 11.7 Å². The molecule has 0 spiro atoms. The Morgan fingerprint density at radius 3 is 2.90 bits per heavy atom. The van der Waals surface area contributed by atoms with E-state index in [1.807, 2.05) is 29.7 Å². The minimum Gasteiger partial charge on any atom is -0.316 e. The van der Waals surface area contributed by atoms with Crippen molar-refractivity contribution in [3.8, 4) is 6.07 Å². The number of hydrogen-bond donors (Lipinski definition) is 1.